The highest BCUT2D eigenvalue weighted by atomic mass is 16.5. The number of nitrogens with one attached hydrogen (secondary N) is 1. The van der Waals surface area contributed by atoms with Crippen LogP contribution < -0.4 is 5.32 Å². The van der Waals surface area contributed by atoms with Crippen LogP contribution in [0.25, 0.3) is 0 Å². The van der Waals surface area contributed by atoms with Crippen LogP contribution in [0.4, 0.5) is 0 Å². The van der Waals surface area contributed by atoms with Gasteiger partial charge in [-0.2, -0.15) is 0 Å². The van der Waals surface area contributed by atoms with Crippen LogP contribution in [-0.2, 0) is 14.3 Å². The Hall–Kier alpha value is -1.40. The van der Waals surface area contributed by atoms with E-state index in [4.69, 9.17) is 4.74 Å². The van der Waals surface area contributed by atoms with E-state index in [9.17, 15) is 19.8 Å². The molecular formula is C47H91NO5. The van der Waals surface area contributed by atoms with Crippen molar-refractivity contribution in [2.75, 3.05) is 13.2 Å². The Morgan fingerprint density at radius 2 is 0.868 bits per heavy atom. The molecule has 0 fully saturated rings. The van der Waals surface area contributed by atoms with E-state index in [0.717, 1.165) is 57.8 Å². The van der Waals surface area contributed by atoms with E-state index in [1.165, 1.54) is 167 Å². The lowest BCUT2D eigenvalue weighted by Gasteiger charge is -2.20. The number of allylic oxidation sites excluding steroid dienone is 1. The molecule has 6 heteroatoms. The summed E-state index contributed by atoms with van der Waals surface area (Å²) in [6.45, 7) is 4.86. The van der Waals surface area contributed by atoms with E-state index < -0.39 is 12.1 Å². The Kier molecular flexibility index (Phi) is 42.2. The molecule has 1 amide bonds. The number of hydrogen-bond donors (Lipinski definition) is 3. The zero-order chi connectivity index (χ0) is 38.7. The van der Waals surface area contributed by atoms with Gasteiger partial charge in [0, 0.05) is 12.8 Å². The lowest BCUT2D eigenvalue weighted by atomic mass is 10.0. The van der Waals surface area contributed by atoms with Crippen molar-refractivity contribution < 1.29 is 24.5 Å². The van der Waals surface area contributed by atoms with E-state index in [0.29, 0.717) is 19.4 Å². The largest absolute Gasteiger partial charge is 0.466 e. The molecule has 2 atom stereocenters. The Labute approximate surface area is 329 Å². The van der Waals surface area contributed by atoms with Crippen molar-refractivity contribution >= 4 is 11.9 Å². The predicted octanol–water partition coefficient (Wildman–Crippen LogP) is 13.4. The van der Waals surface area contributed by atoms with E-state index in [1.54, 1.807) is 6.08 Å². The quantitative estimate of drug-likeness (QED) is 0.0328. The predicted molar refractivity (Wildman–Crippen MR) is 227 cm³/mol. The minimum atomic E-state index is -0.850. The standard InChI is InChI=1S/C47H91NO5/c1-3-5-7-9-11-13-15-20-23-27-31-35-39-45(50)44(43-49)48-46(51)40-36-32-28-24-21-17-16-18-22-26-30-34-38-42-53-47(52)41-37-33-29-25-19-14-12-10-8-6-4-2/h35,39,44-45,49-50H,3-34,36-38,40-43H2,1-2H3,(H,48,51)/b39-35+. The second-order valence-corrected chi connectivity index (χ2v) is 16.1. The number of hydrogen-bond acceptors (Lipinski definition) is 5. The maximum atomic E-state index is 12.4. The Bertz CT molecular complexity index is 787. The molecular weight excluding hydrogens is 659 g/mol. The maximum Gasteiger partial charge on any atom is 0.305 e. The maximum absolute atomic E-state index is 12.4. The topological polar surface area (TPSA) is 95.9 Å². The first-order chi connectivity index (χ1) is 26.0. The van der Waals surface area contributed by atoms with Gasteiger partial charge in [0.1, 0.15) is 0 Å². The minimum absolute atomic E-state index is 0.00760. The first-order valence-electron chi connectivity index (χ1n) is 23.5. The monoisotopic (exact) mass is 750 g/mol. The molecule has 0 aliphatic heterocycles. The third-order valence-electron chi connectivity index (χ3n) is 10.8. The fourth-order valence-corrected chi connectivity index (χ4v) is 7.16. The number of amides is 1. The lowest BCUT2D eigenvalue weighted by Crippen LogP contribution is -2.45. The molecule has 0 saturated heterocycles. The van der Waals surface area contributed by atoms with Crippen LogP contribution in [0.2, 0.25) is 0 Å². The van der Waals surface area contributed by atoms with Gasteiger partial charge in [-0.15, -0.1) is 0 Å². The van der Waals surface area contributed by atoms with Gasteiger partial charge in [0.2, 0.25) is 5.91 Å². The van der Waals surface area contributed by atoms with Gasteiger partial charge in [0.15, 0.2) is 0 Å². The summed E-state index contributed by atoms with van der Waals surface area (Å²) >= 11 is 0. The van der Waals surface area contributed by atoms with E-state index in [-0.39, 0.29) is 18.5 Å². The zero-order valence-electron chi connectivity index (χ0n) is 35.5. The van der Waals surface area contributed by atoms with Gasteiger partial charge >= 0.3 is 5.97 Å². The lowest BCUT2D eigenvalue weighted by molar-refractivity contribution is -0.143. The molecule has 0 rings (SSSR count). The van der Waals surface area contributed by atoms with Gasteiger partial charge in [0.25, 0.3) is 0 Å². The third-order valence-corrected chi connectivity index (χ3v) is 10.8. The fourth-order valence-electron chi connectivity index (χ4n) is 7.16. The smallest absolute Gasteiger partial charge is 0.305 e. The van der Waals surface area contributed by atoms with Crippen molar-refractivity contribution in [2.45, 2.75) is 264 Å². The molecule has 53 heavy (non-hydrogen) atoms. The Balaban J connectivity index is 3.48. The minimum Gasteiger partial charge on any atom is -0.466 e. The molecule has 0 aliphatic rings. The number of ether oxygens (including phenoxy) is 1. The number of esters is 1. The molecule has 0 spiro atoms. The SMILES string of the molecule is CCCCCCCCCCCC/C=C/C(O)C(CO)NC(=O)CCCCCCCCCCCCCCCOC(=O)CCCCCCCCCCCCC. The van der Waals surface area contributed by atoms with Gasteiger partial charge in [0.05, 0.1) is 25.4 Å². The number of carbonyl (C=O) groups is 2. The molecule has 314 valence electrons. The second-order valence-electron chi connectivity index (χ2n) is 16.1. The van der Waals surface area contributed by atoms with Gasteiger partial charge in [-0.05, 0) is 32.1 Å². The van der Waals surface area contributed by atoms with E-state index >= 15 is 0 Å². The van der Waals surface area contributed by atoms with Crippen LogP contribution in [0.15, 0.2) is 12.2 Å². The normalized spacial score (nSPS) is 12.8. The van der Waals surface area contributed by atoms with Gasteiger partial charge in [-0.25, -0.2) is 0 Å². The van der Waals surface area contributed by atoms with E-state index in [1.807, 2.05) is 6.08 Å². The highest BCUT2D eigenvalue weighted by molar-refractivity contribution is 5.76. The van der Waals surface area contributed by atoms with Gasteiger partial charge < -0.3 is 20.3 Å². The van der Waals surface area contributed by atoms with Crippen molar-refractivity contribution in [2.24, 2.45) is 0 Å². The van der Waals surface area contributed by atoms with Crippen LogP contribution in [-0.4, -0.2) is 47.4 Å². The summed E-state index contributed by atoms with van der Waals surface area (Å²) in [7, 11) is 0. The first-order valence-corrected chi connectivity index (χ1v) is 23.5. The van der Waals surface area contributed by atoms with Gasteiger partial charge in [-0.1, -0.05) is 219 Å². The first kappa shape index (κ1) is 51.6. The Morgan fingerprint density at radius 1 is 0.509 bits per heavy atom. The Morgan fingerprint density at radius 3 is 1.28 bits per heavy atom. The molecule has 0 aliphatic carbocycles. The highest BCUT2D eigenvalue weighted by Gasteiger charge is 2.18. The summed E-state index contributed by atoms with van der Waals surface area (Å²) in [6.07, 6.45) is 47.6. The molecule has 6 nitrogen and oxygen atoms in total. The number of aliphatic hydroxyl groups excluding tert-OH is 2. The molecule has 0 aromatic rings. The molecule has 0 aromatic carbocycles. The average molecular weight is 750 g/mol. The summed E-state index contributed by atoms with van der Waals surface area (Å²) in [5.74, 6) is -0.0891. The highest BCUT2D eigenvalue weighted by Crippen LogP contribution is 2.15. The molecule has 0 saturated carbocycles. The summed E-state index contributed by atoms with van der Waals surface area (Å²) in [4.78, 5) is 24.3. The van der Waals surface area contributed by atoms with Crippen LogP contribution >= 0.6 is 0 Å². The summed E-state index contributed by atoms with van der Waals surface area (Å²) in [5.41, 5.74) is 0. The van der Waals surface area contributed by atoms with Crippen LogP contribution in [0, 0.1) is 0 Å². The van der Waals surface area contributed by atoms with Crippen molar-refractivity contribution in [3.63, 3.8) is 0 Å². The number of rotatable bonds is 43. The second kappa shape index (κ2) is 43.3. The number of aliphatic hydroxyl groups is 2. The fraction of sp³-hybridized carbons (Fsp3) is 0.915. The summed E-state index contributed by atoms with van der Waals surface area (Å²) in [5, 5.41) is 23.0. The van der Waals surface area contributed by atoms with Crippen molar-refractivity contribution in [1.82, 2.24) is 5.32 Å². The van der Waals surface area contributed by atoms with Crippen LogP contribution in [0.3, 0.4) is 0 Å². The average Bonchev–Trinajstić information content (AvgIpc) is 3.16. The number of carbonyl (C=O) groups excluding carboxylic acids is 2. The van der Waals surface area contributed by atoms with E-state index in [2.05, 4.69) is 19.2 Å². The summed E-state index contributed by atoms with van der Waals surface area (Å²) < 4.78 is 5.44. The molecule has 2 unspecified atom stereocenters. The molecule has 0 aromatic heterocycles. The van der Waals surface area contributed by atoms with Crippen molar-refractivity contribution in [3.05, 3.63) is 12.2 Å². The number of unbranched alkanes of at least 4 members (excludes halogenated alkanes) is 32. The van der Waals surface area contributed by atoms with Crippen molar-refractivity contribution in [1.29, 1.82) is 0 Å². The van der Waals surface area contributed by atoms with Crippen LogP contribution in [0.1, 0.15) is 251 Å². The zero-order valence-corrected chi connectivity index (χ0v) is 35.5. The summed E-state index contributed by atoms with van der Waals surface area (Å²) in [6, 6.07) is -0.634. The molecule has 0 heterocycles. The van der Waals surface area contributed by atoms with Crippen molar-refractivity contribution in [3.8, 4) is 0 Å². The van der Waals surface area contributed by atoms with Crippen LogP contribution in [0.5, 0.6) is 0 Å². The molecule has 3 N–H and O–H groups in total. The molecule has 0 bridgehead atoms. The molecule has 0 radical (unpaired) electrons. The third kappa shape index (κ3) is 40.1. The van der Waals surface area contributed by atoms with Gasteiger partial charge in [-0.3, -0.25) is 9.59 Å².